The molecule has 3 atom stereocenters. The molecular formula is C28H33N3O6. The average molecular weight is 508 g/mol. The standard InChI is InChI=1S/C28H33N3O6/c1-30-23-9-8-21(14-27(33)31-12-11-18-5-3-4-6-19(18)15-31)37-25(23)16-36-24-10-7-20(13-22(24)28(30)34)29-26(32)17-35-2/h3-7,10,13,21,23,25H,8-9,11-12,14-17H2,1-2H3,(H,29,32)/t21-,23+,25-/m0/s1. The summed E-state index contributed by atoms with van der Waals surface area (Å²) in [6, 6.07) is 13.1. The molecule has 1 N–H and O–H groups in total. The number of methoxy groups -OCH3 is 1. The van der Waals surface area contributed by atoms with E-state index in [0.717, 1.165) is 19.4 Å². The smallest absolute Gasteiger partial charge is 0.257 e. The van der Waals surface area contributed by atoms with Gasteiger partial charge in [0.1, 0.15) is 25.1 Å². The third-order valence-electron chi connectivity index (χ3n) is 7.46. The zero-order valence-corrected chi connectivity index (χ0v) is 21.3. The van der Waals surface area contributed by atoms with Crippen LogP contribution in [0.4, 0.5) is 5.69 Å². The Labute approximate surface area is 216 Å². The van der Waals surface area contributed by atoms with Gasteiger partial charge < -0.3 is 29.3 Å². The first kappa shape index (κ1) is 25.2. The number of likely N-dealkylation sites (N-methyl/N-ethyl adjacent to an activating group) is 1. The molecule has 37 heavy (non-hydrogen) atoms. The van der Waals surface area contributed by atoms with E-state index in [-0.39, 0.29) is 49.2 Å². The molecular weight excluding hydrogens is 474 g/mol. The molecule has 0 aromatic heterocycles. The first-order valence-corrected chi connectivity index (χ1v) is 12.8. The summed E-state index contributed by atoms with van der Waals surface area (Å²) in [4.78, 5) is 42.0. The van der Waals surface area contributed by atoms with E-state index in [4.69, 9.17) is 14.2 Å². The van der Waals surface area contributed by atoms with E-state index in [1.807, 2.05) is 17.0 Å². The van der Waals surface area contributed by atoms with E-state index in [1.54, 1.807) is 30.1 Å². The first-order valence-electron chi connectivity index (χ1n) is 12.8. The molecule has 1 saturated heterocycles. The van der Waals surface area contributed by atoms with Gasteiger partial charge in [-0.2, -0.15) is 0 Å². The second-order valence-electron chi connectivity index (χ2n) is 9.90. The van der Waals surface area contributed by atoms with Gasteiger partial charge in [-0.3, -0.25) is 14.4 Å². The minimum Gasteiger partial charge on any atom is -0.490 e. The third-order valence-corrected chi connectivity index (χ3v) is 7.46. The number of benzene rings is 2. The summed E-state index contributed by atoms with van der Waals surface area (Å²) < 4.78 is 17.2. The van der Waals surface area contributed by atoms with Crippen molar-refractivity contribution in [3.05, 3.63) is 59.2 Å². The Hall–Kier alpha value is -3.43. The fourth-order valence-corrected chi connectivity index (χ4v) is 5.47. The van der Waals surface area contributed by atoms with Crippen LogP contribution in [0.2, 0.25) is 0 Å². The van der Waals surface area contributed by atoms with E-state index in [1.165, 1.54) is 18.2 Å². The highest BCUT2D eigenvalue weighted by atomic mass is 16.5. The molecule has 3 amide bonds. The zero-order valence-electron chi connectivity index (χ0n) is 21.3. The van der Waals surface area contributed by atoms with E-state index in [2.05, 4.69) is 17.4 Å². The molecule has 0 radical (unpaired) electrons. The molecule has 196 valence electrons. The average Bonchev–Trinajstić information content (AvgIpc) is 2.91. The minimum absolute atomic E-state index is 0.0722. The van der Waals surface area contributed by atoms with Crippen molar-refractivity contribution in [1.29, 1.82) is 0 Å². The predicted molar refractivity (Wildman–Crippen MR) is 136 cm³/mol. The molecule has 0 spiro atoms. The summed E-state index contributed by atoms with van der Waals surface area (Å²) in [5.74, 6) is 0.0409. The minimum atomic E-state index is -0.336. The Morgan fingerprint density at radius 2 is 1.95 bits per heavy atom. The third kappa shape index (κ3) is 5.47. The van der Waals surface area contributed by atoms with Gasteiger partial charge in [-0.05, 0) is 48.6 Å². The van der Waals surface area contributed by atoms with Crippen molar-refractivity contribution in [2.45, 2.75) is 50.5 Å². The van der Waals surface area contributed by atoms with Crippen LogP contribution in [0.1, 0.15) is 40.7 Å². The number of ether oxygens (including phenoxy) is 3. The van der Waals surface area contributed by atoms with Crippen LogP contribution in [0.15, 0.2) is 42.5 Å². The maximum absolute atomic E-state index is 13.4. The number of hydrogen-bond donors (Lipinski definition) is 1. The Kier molecular flexibility index (Phi) is 7.43. The summed E-state index contributed by atoms with van der Waals surface area (Å²) in [6.07, 6.45) is 2.05. The summed E-state index contributed by atoms with van der Waals surface area (Å²) in [7, 11) is 3.22. The van der Waals surface area contributed by atoms with Crippen molar-refractivity contribution in [3.63, 3.8) is 0 Å². The van der Waals surface area contributed by atoms with Crippen molar-refractivity contribution in [2.75, 3.05) is 39.2 Å². The van der Waals surface area contributed by atoms with Gasteiger partial charge in [-0.25, -0.2) is 0 Å². The van der Waals surface area contributed by atoms with Crippen LogP contribution in [-0.4, -0.2) is 79.7 Å². The molecule has 3 heterocycles. The SMILES string of the molecule is COCC(=O)Nc1ccc2c(c1)C(=O)N(C)[C@@H]1CC[C@@H](CC(=O)N3CCc4ccccc4C3)O[C@H]1CO2. The van der Waals surface area contributed by atoms with Crippen LogP contribution < -0.4 is 10.1 Å². The zero-order chi connectivity index (χ0) is 25.9. The second-order valence-corrected chi connectivity index (χ2v) is 9.90. The van der Waals surface area contributed by atoms with E-state index >= 15 is 0 Å². The molecule has 3 aliphatic rings. The van der Waals surface area contributed by atoms with Gasteiger partial charge in [0.15, 0.2) is 0 Å². The monoisotopic (exact) mass is 507 g/mol. The summed E-state index contributed by atoms with van der Waals surface area (Å²) in [5, 5.41) is 2.73. The van der Waals surface area contributed by atoms with Gasteiger partial charge in [0.2, 0.25) is 11.8 Å². The summed E-state index contributed by atoms with van der Waals surface area (Å²) in [6.45, 7) is 1.56. The molecule has 5 rings (SSSR count). The van der Waals surface area contributed by atoms with Gasteiger partial charge in [-0.1, -0.05) is 24.3 Å². The van der Waals surface area contributed by atoms with Crippen LogP contribution in [0.5, 0.6) is 5.75 Å². The summed E-state index contributed by atoms with van der Waals surface area (Å²) in [5.41, 5.74) is 3.41. The van der Waals surface area contributed by atoms with Gasteiger partial charge in [0, 0.05) is 32.9 Å². The highest BCUT2D eigenvalue weighted by Gasteiger charge is 2.39. The Morgan fingerprint density at radius 3 is 2.76 bits per heavy atom. The Balaban J connectivity index is 1.23. The van der Waals surface area contributed by atoms with Crippen LogP contribution in [-0.2, 0) is 32.0 Å². The van der Waals surface area contributed by atoms with Crippen molar-refractivity contribution in [3.8, 4) is 5.75 Å². The quantitative estimate of drug-likeness (QED) is 0.668. The molecule has 9 nitrogen and oxygen atoms in total. The lowest BCUT2D eigenvalue weighted by atomic mass is 9.94. The molecule has 3 aliphatic heterocycles. The number of rotatable bonds is 5. The largest absolute Gasteiger partial charge is 0.490 e. The lowest BCUT2D eigenvalue weighted by Gasteiger charge is -2.42. The molecule has 0 aliphatic carbocycles. The number of nitrogens with one attached hydrogen (secondary N) is 1. The normalized spacial score (nSPS) is 23.1. The number of carbonyl (C=O) groups is 3. The van der Waals surface area contributed by atoms with Gasteiger partial charge in [0.25, 0.3) is 5.91 Å². The molecule has 2 aromatic carbocycles. The van der Waals surface area contributed by atoms with Crippen LogP contribution >= 0.6 is 0 Å². The van der Waals surface area contributed by atoms with Crippen molar-refractivity contribution < 1.29 is 28.6 Å². The molecule has 0 unspecified atom stereocenters. The Morgan fingerprint density at radius 1 is 1.14 bits per heavy atom. The van der Waals surface area contributed by atoms with Crippen LogP contribution in [0.25, 0.3) is 0 Å². The van der Waals surface area contributed by atoms with E-state index in [0.29, 0.717) is 36.4 Å². The number of anilines is 1. The highest BCUT2D eigenvalue weighted by Crippen LogP contribution is 2.33. The number of nitrogens with zero attached hydrogens (tertiary/aromatic N) is 2. The molecule has 2 aromatic rings. The van der Waals surface area contributed by atoms with Crippen molar-refractivity contribution >= 4 is 23.4 Å². The lowest BCUT2D eigenvalue weighted by molar-refractivity contribution is -0.143. The summed E-state index contributed by atoms with van der Waals surface area (Å²) >= 11 is 0. The van der Waals surface area contributed by atoms with E-state index in [9.17, 15) is 14.4 Å². The van der Waals surface area contributed by atoms with Crippen LogP contribution in [0.3, 0.4) is 0 Å². The fourth-order valence-electron chi connectivity index (χ4n) is 5.47. The number of fused-ring (bicyclic) bond motifs is 3. The maximum Gasteiger partial charge on any atom is 0.257 e. The number of hydrogen-bond acceptors (Lipinski definition) is 6. The molecule has 0 saturated carbocycles. The van der Waals surface area contributed by atoms with Gasteiger partial charge in [0.05, 0.1) is 24.1 Å². The van der Waals surface area contributed by atoms with Crippen LogP contribution in [0, 0.1) is 0 Å². The van der Waals surface area contributed by atoms with Gasteiger partial charge in [-0.15, -0.1) is 0 Å². The van der Waals surface area contributed by atoms with E-state index < -0.39 is 0 Å². The van der Waals surface area contributed by atoms with Gasteiger partial charge >= 0.3 is 0 Å². The van der Waals surface area contributed by atoms with Crippen molar-refractivity contribution in [2.24, 2.45) is 0 Å². The second kappa shape index (κ2) is 10.9. The fraction of sp³-hybridized carbons (Fsp3) is 0.464. The molecule has 0 bridgehead atoms. The molecule has 9 heteroatoms. The highest BCUT2D eigenvalue weighted by molar-refractivity contribution is 6.00. The predicted octanol–water partition coefficient (Wildman–Crippen LogP) is 2.63. The maximum atomic E-state index is 13.4. The lowest BCUT2D eigenvalue weighted by Crippen LogP contribution is -2.54. The van der Waals surface area contributed by atoms with Crippen molar-refractivity contribution in [1.82, 2.24) is 9.80 Å². The Bertz CT molecular complexity index is 1180. The first-order chi connectivity index (χ1) is 17.9. The molecule has 1 fully saturated rings. The number of carbonyl (C=O) groups excluding carboxylic acids is 3. The number of amides is 3. The topological polar surface area (TPSA) is 97.4 Å².